The monoisotopic (exact) mass is 288 g/mol. The number of ether oxygens (including phenoxy) is 1. The van der Waals surface area contributed by atoms with Gasteiger partial charge in [0.1, 0.15) is 5.75 Å². The van der Waals surface area contributed by atoms with Gasteiger partial charge in [-0.05, 0) is 58.8 Å². The first kappa shape index (κ1) is 16.1. The molecule has 0 aliphatic heterocycles. The highest BCUT2D eigenvalue weighted by atomic mass is 16.5. The Labute approximate surface area is 128 Å². The van der Waals surface area contributed by atoms with E-state index in [0.29, 0.717) is 12.4 Å². The molecule has 1 aliphatic carbocycles. The lowest BCUT2D eigenvalue weighted by molar-refractivity contribution is -0.120. The van der Waals surface area contributed by atoms with Crippen LogP contribution in [0.1, 0.15) is 70.2 Å². The summed E-state index contributed by atoms with van der Waals surface area (Å²) < 4.78 is 5.33. The number of carbonyl (C=O) groups is 1. The van der Waals surface area contributed by atoms with Gasteiger partial charge in [0.25, 0.3) is 6.47 Å². The first-order valence-corrected chi connectivity index (χ1v) is 7.94. The van der Waals surface area contributed by atoms with Gasteiger partial charge < -0.3 is 4.74 Å². The third-order valence-electron chi connectivity index (χ3n) is 5.56. The minimum atomic E-state index is 0.113. The lowest BCUT2D eigenvalue weighted by atomic mass is 9.57. The molecule has 0 amide bonds. The molecular weight excluding hydrogens is 260 g/mol. The van der Waals surface area contributed by atoms with Gasteiger partial charge in [0, 0.05) is 0 Å². The number of hydrogen-bond acceptors (Lipinski definition) is 2. The molecule has 0 saturated carbocycles. The summed E-state index contributed by atoms with van der Waals surface area (Å²) in [4.78, 5) is 10.9. The first-order valence-electron chi connectivity index (χ1n) is 7.94. The van der Waals surface area contributed by atoms with Crippen LogP contribution in [-0.2, 0) is 22.0 Å². The average Bonchev–Trinajstić information content (AvgIpc) is 2.38. The predicted molar refractivity (Wildman–Crippen MR) is 87.1 cm³/mol. The fourth-order valence-corrected chi connectivity index (χ4v) is 4.11. The molecule has 1 aromatic carbocycles. The van der Waals surface area contributed by atoms with E-state index in [4.69, 9.17) is 4.74 Å². The van der Waals surface area contributed by atoms with Crippen LogP contribution in [0.2, 0.25) is 0 Å². The van der Waals surface area contributed by atoms with E-state index < -0.39 is 0 Å². The van der Waals surface area contributed by atoms with E-state index in [2.05, 4.69) is 54.5 Å². The minimum absolute atomic E-state index is 0.113. The third-order valence-corrected chi connectivity index (χ3v) is 5.56. The van der Waals surface area contributed by atoms with Crippen molar-refractivity contribution in [1.29, 1.82) is 0 Å². The summed E-state index contributed by atoms with van der Waals surface area (Å²) in [5.41, 5.74) is 5.34. The minimum Gasteiger partial charge on any atom is -0.428 e. The van der Waals surface area contributed by atoms with Gasteiger partial charge in [-0.25, -0.2) is 0 Å². The number of benzene rings is 1. The molecule has 116 valence electrons. The lowest BCUT2D eigenvalue weighted by Crippen LogP contribution is -2.41. The zero-order chi connectivity index (χ0) is 16.0. The van der Waals surface area contributed by atoms with Crippen LogP contribution in [0.4, 0.5) is 0 Å². The lowest BCUT2D eigenvalue weighted by Gasteiger charge is -2.47. The Kier molecular flexibility index (Phi) is 3.94. The summed E-state index contributed by atoms with van der Waals surface area (Å²) in [6.07, 6.45) is 2.03. The Bertz CT molecular complexity index is 567. The van der Waals surface area contributed by atoms with E-state index in [0.717, 1.165) is 29.7 Å². The molecule has 0 N–H and O–H groups in total. The summed E-state index contributed by atoms with van der Waals surface area (Å²) in [5, 5.41) is 0. The van der Waals surface area contributed by atoms with Crippen LogP contribution in [0.3, 0.4) is 0 Å². The van der Waals surface area contributed by atoms with Crippen molar-refractivity contribution in [3.05, 3.63) is 28.3 Å². The number of hydrogen-bond donors (Lipinski definition) is 0. The molecule has 0 fully saturated rings. The first-order chi connectivity index (χ1) is 9.66. The quantitative estimate of drug-likeness (QED) is 0.754. The zero-order valence-corrected chi connectivity index (χ0v) is 14.5. The second kappa shape index (κ2) is 5.15. The Hall–Kier alpha value is -1.31. The normalized spacial score (nSPS) is 22.5. The molecule has 0 spiro atoms. The summed E-state index contributed by atoms with van der Waals surface area (Å²) in [7, 11) is 0. The van der Waals surface area contributed by atoms with E-state index in [-0.39, 0.29) is 10.8 Å². The smallest absolute Gasteiger partial charge is 0.298 e. The van der Waals surface area contributed by atoms with Crippen LogP contribution in [0, 0.1) is 12.8 Å². The van der Waals surface area contributed by atoms with E-state index in [9.17, 15) is 4.79 Å². The molecule has 1 unspecified atom stereocenters. The highest BCUT2D eigenvalue weighted by molar-refractivity contribution is 5.59. The topological polar surface area (TPSA) is 26.3 Å². The molecule has 1 aliphatic rings. The van der Waals surface area contributed by atoms with Crippen LogP contribution < -0.4 is 4.74 Å². The van der Waals surface area contributed by atoms with Crippen LogP contribution in [0.5, 0.6) is 5.75 Å². The molecule has 2 rings (SSSR count). The summed E-state index contributed by atoms with van der Waals surface area (Å²) >= 11 is 0. The van der Waals surface area contributed by atoms with E-state index in [1.807, 2.05) is 0 Å². The van der Waals surface area contributed by atoms with Crippen molar-refractivity contribution in [2.45, 2.75) is 72.1 Å². The number of fused-ring (bicyclic) bond motifs is 1. The molecule has 2 heteroatoms. The van der Waals surface area contributed by atoms with Crippen molar-refractivity contribution in [3.8, 4) is 5.75 Å². The molecule has 1 aromatic rings. The molecule has 0 saturated heterocycles. The van der Waals surface area contributed by atoms with Gasteiger partial charge in [0.2, 0.25) is 0 Å². The molecule has 1 atom stereocenters. The van der Waals surface area contributed by atoms with E-state index in [1.165, 1.54) is 11.1 Å². The molecule has 21 heavy (non-hydrogen) atoms. The van der Waals surface area contributed by atoms with Gasteiger partial charge >= 0.3 is 0 Å². The summed E-state index contributed by atoms with van der Waals surface area (Å²) in [6.45, 7) is 16.4. The van der Waals surface area contributed by atoms with Crippen LogP contribution in [0.25, 0.3) is 0 Å². The zero-order valence-electron chi connectivity index (χ0n) is 14.5. The predicted octanol–water partition coefficient (Wildman–Crippen LogP) is 4.69. The van der Waals surface area contributed by atoms with Gasteiger partial charge in [-0.15, -0.1) is 0 Å². The summed E-state index contributed by atoms with van der Waals surface area (Å²) in [5.74, 6) is 1.40. The maximum Gasteiger partial charge on any atom is 0.298 e. The molecule has 0 heterocycles. The van der Waals surface area contributed by atoms with Crippen molar-refractivity contribution in [2.75, 3.05) is 0 Å². The number of carbonyl (C=O) groups excluding carboxylic acids is 1. The SMILES string of the molecule is CCc1cc2c(c(C)c1OC=O)C(C)(C)CC(C)C2(C)C. The van der Waals surface area contributed by atoms with Crippen LogP contribution in [0.15, 0.2) is 6.07 Å². The molecule has 0 radical (unpaired) electrons. The van der Waals surface area contributed by atoms with Gasteiger partial charge in [-0.1, -0.05) is 47.6 Å². The van der Waals surface area contributed by atoms with Crippen LogP contribution >= 0.6 is 0 Å². The van der Waals surface area contributed by atoms with Crippen molar-refractivity contribution in [3.63, 3.8) is 0 Å². The van der Waals surface area contributed by atoms with Gasteiger partial charge in [0.15, 0.2) is 0 Å². The van der Waals surface area contributed by atoms with Crippen molar-refractivity contribution in [2.24, 2.45) is 5.92 Å². The molecule has 0 aromatic heterocycles. The van der Waals surface area contributed by atoms with Crippen molar-refractivity contribution in [1.82, 2.24) is 0 Å². The highest BCUT2D eigenvalue weighted by Gasteiger charge is 2.43. The second-order valence-corrected chi connectivity index (χ2v) is 7.69. The average molecular weight is 288 g/mol. The Morgan fingerprint density at radius 1 is 1.33 bits per heavy atom. The molecular formula is C19H28O2. The molecule has 0 bridgehead atoms. The highest BCUT2D eigenvalue weighted by Crippen LogP contribution is 2.52. The van der Waals surface area contributed by atoms with Gasteiger partial charge in [-0.3, -0.25) is 4.79 Å². The summed E-state index contributed by atoms with van der Waals surface area (Å²) in [6, 6.07) is 2.28. The Morgan fingerprint density at radius 3 is 2.48 bits per heavy atom. The van der Waals surface area contributed by atoms with E-state index >= 15 is 0 Å². The van der Waals surface area contributed by atoms with Gasteiger partial charge in [0.05, 0.1) is 0 Å². The molecule has 2 nitrogen and oxygen atoms in total. The standard InChI is InChI=1S/C19H28O2/c1-8-14-9-15-16(13(3)17(14)21-11-20)18(4,5)10-12(2)19(15,6)7/h9,11-12H,8,10H2,1-7H3. The largest absolute Gasteiger partial charge is 0.428 e. The maximum atomic E-state index is 10.9. The number of rotatable bonds is 3. The maximum absolute atomic E-state index is 10.9. The van der Waals surface area contributed by atoms with Crippen LogP contribution in [-0.4, -0.2) is 6.47 Å². The fourth-order valence-electron chi connectivity index (χ4n) is 4.11. The van der Waals surface area contributed by atoms with Gasteiger partial charge in [-0.2, -0.15) is 0 Å². The Morgan fingerprint density at radius 2 is 1.95 bits per heavy atom. The fraction of sp³-hybridized carbons (Fsp3) is 0.632. The third kappa shape index (κ3) is 2.39. The van der Waals surface area contributed by atoms with E-state index in [1.54, 1.807) is 0 Å². The van der Waals surface area contributed by atoms with Crippen molar-refractivity contribution < 1.29 is 9.53 Å². The Balaban J connectivity index is 2.82. The van der Waals surface area contributed by atoms with Crippen molar-refractivity contribution >= 4 is 6.47 Å². The number of aryl methyl sites for hydroxylation is 1. The second-order valence-electron chi connectivity index (χ2n) is 7.69.